The zero-order valence-corrected chi connectivity index (χ0v) is 15.1. The molecule has 1 amide bonds. The van der Waals surface area contributed by atoms with Gasteiger partial charge in [0.2, 0.25) is 0 Å². The lowest BCUT2D eigenvalue weighted by Gasteiger charge is -2.06. The predicted molar refractivity (Wildman–Crippen MR) is 105 cm³/mol. The number of phenols is 1. The number of esters is 1. The number of hydrazone groups is 1. The molecule has 0 bridgehead atoms. The minimum Gasteiger partial charge on any atom is -0.507 e. The van der Waals surface area contributed by atoms with E-state index in [-0.39, 0.29) is 17.9 Å². The number of phenolic OH excluding ortho intramolecular Hbond substituents is 1. The van der Waals surface area contributed by atoms with Crippen LogP contribution in [-0.2, 0) is 9.53 Å². The van der Waals surface area contributed by atoms with E-state index in [4.69, 9.17) is 4.74 Å². The average Bonchev–Trinajstić information content (AvgIpc) is 2.71. The summed E-state index contributed by atoms with van der Waals surface area (Å²) < 4.78 is 9.81. The second-order valence-corrected chi connectivity index (χ2v) is 5.85. The molecule has 142 valence electrons. The summed E-state index contributed by atoms with van der Waals surface area (Å²) in [6.45, 7) is -0.199. The van der Waals surface area contributed by atoms with Crippen molar-refractivity contribution in [2.24, 2.45) is 5.10 Å². The van der Waals surface area contributed by atoms with Crippen LogP contribution in [0.15, 0.2) is 65.8 Å². The number of nitrogens with zero attached hydrogens (tertiary/aromatic N) is 1. The number of rotatable bonds is 6. The number of benzene rings is 3. The summed E-state index contributed by atoms with van der Waals surface area (Å²) >= 11 is 0. The molecule has 2 N–H and O–H groups in total. The van der Waals surface area contributed by atoms with E-state index < -0.39 is 11.9 Å². The number of carbonyl (C=O) groups is 2. The summed E-state index contributed by atoms with van der Waals surface area (Å²) in [5, 5.41) is 15.7. The van der Waals surface area contributed by atoms with Crippen LogP contribution in [0.4, 0.5) is 0 Å². The van der Waals surface area contributed by atoms with Gasteiger partial charge in [0, 0.05) is 0 Å². The molecule has 0 spiro atoms. The molecule has 7 nitrogen and oxygen atoms in total. The van der Waals surface area contributed by atoms with Crippen LogP contribution in [0.2, 0.25) is 0 Å². The normalized spacial score (nSPS) is 10.8. The Hall–Kier alpha value is -3.87. The summed E-state index contributed by atoms with van der Waals surface area (Å²) in [4.78, 5) is 23.4. The van der Waals surface area contributed by atoms with Crippen LogP contribution in [-0.4, -0.2) is 36.9 Å². The van der Waals surface area contributed by atoms with Gasteiger partial charge in [-0.25, -0.2) is 10.2 Å². The summed E-state index contributed by atoms with van der Waals surface area (Å²) in [6.07, 6.45) is 1.43. The van der Waals surface area contributed by atoms with E-state index in [2.05, 4.69) is 15.3 Å². The Bertz CT molecular complexity index is 1050. The minimum atomic E-state index is -0.530. The minimum absolute atomic E-state index is 0.121. The molecular weight excluding hydrogens is 360 g/mol. The Morgan fingerprint density at radius 2 is 1.82 bits per heavy atom. The van der Waals surface area contributed by atoms with Crippen molar-refractivity contribution in [1.29, 1.82) is 0 Å². The number of carbonyl (C=O) groups excluding carboxylic acids is 2. The van der Waals surface area contributed by atoms with E-state index in [9.17, 15) is 14.7 Å². The number of methoxy groups -OCH3 is 1. The third-order valence-corrected chi connectivity index (χ3v) is 3.93. The molecule has 7 heteroatoms. The van der Waals surface area contributed by atoms with E-state index in [1.165, 1.54) is 19.4 Å². The number of hydrogen-bond acceptors (Lipinski definition) is 6. The van der Waals surface area contributed by atoms with Crippen molar-refractivity contribution in [3.8, 4) is 11.5 Å². The Morgan fingerprint density at radius 1 is 1.07 bits per heavy atom. The van der Waals surface area contributed by atoms with Crippen molar-refractivity contribution < 1.29 is 24.2 Å². The Morgan fingerprint density at radius 3 is 2.57 bits per heavy atom. The standard InChI is InChI=1S/C21H18N2O5/c1-27-20(25)13-28-17-8-4-5-14(9-17)12-22-23-21(26)18-10-15-6-2-3-7-16(15)11-19(18)24/h2-12,24H,13H2,1H3,(H,23,26)/b22-12+. The maximum Gasteiger partial charge on any atom is 0.343 e. The van der Waals surface area contributed by atoms with E-state index >= 15 is 0 Å². The highest BCUT2D eigenvalue weighted by molar-refractivity contribution is 6.01. The van der Waals surface area contributed by atoms with Crippen LogP contribution in [0.5, 0.6) is 11.5 Å². The molecule has 0 aromatic heterocycles. The lowest BCUT2D eigenvalue weighted by atomic mass is 10.1. The van der Waals surface area contributed by atoms with Gasteiger partial charge >= 0.3 is 5.97 Å². The molecule has 0 unspecified atom stereocenters. The maximum atomic E-state index is 12.3. The topological polar surface area (TPSA) is 97.2 Å². The smallest absolute Gasteiger partial charge is 0.343 e. The van der Waals surface area contributed by atoms with Crippen molar-refractivity contribution in [3.63, 3.8) is 0 Å². The summed E-state index contributed by atoms with van der Waals surface area (Å²) in [6, 6.07) is 17.4. The first-order chi connectivity index (χ1) is 13.6. The van der Waals surface area contributed by atoms with E-state index in [1.807, 2.05) is 24.3 Å². The molecule has 0 atom stereocenters. The van der Waals surface area contributed by atoms with Crippen molar-refractivity contribution >= 4 is 28.9 Å². The molecule has 0 aliphatic heterocycles. The van der Waals surface area contributed by atoms with Gasteiger partial charge in [-0.05, 0) is 40.6 Å². The van der Waals surface area contributed by atoms with Crippen LogP contribution < -0.4 is 10.2 Å². The Balaban J connectivity index is 1.67. The first-order valence-corrected chi connectivity index (χ1v) is 8.41. The molecule has 3 aromatic rings. The SMILES string of the molecule is COC(=O)COc1cccc(/C=N/NC(=O)c2cc3ccccc3cc2O)c1. The highest BCUT2D eigenvalue weighted by atomic mass is 16.6. The zero-order valence-electron chi connectivity index (χ0n) is 15.1. The summed E-state index contributed by atoms with van der Waals surface area (Å²) in [7, 11) is 1.28. The van der Waals surface area contributed by atoms with Gasteiger partial charge in [-0.2, -0.15) is 5.10 Å². The molecule has 0 saturated heterocycles. The predicted octanol–water partition coefficient (Wildman–Crippen LogP) is 2.86. The number of hydrogen-bond donors (Lipinski definition) is 2. The number of aromatic hydroxyl groups is 1. The lowest BCUT2D eigenvalue weighted by molar-refractivity contribution is -0.142. The molecule has 3 aromatic carbocycles. The number of nitrogens with one attached hydrogen (secondary N) is 1. The van der Waals surface area contributed by atoms with Crippen molar-refractivity contribution in [3.05, 3.63) is 71.8 Å². The molecule has 0 aliphatic rings. The van der Waals surface area contributed by atoms with Gasteiger partial charge in [0.1, 0.15) is 11.5 Å². The lowest BCUT2D eigenvalue weighted by Crippen LogP contribution is -2.17. The van der Waals surface area contributed by atoms with Gasteiger partial charge < -0.3 is 14.6 Å². The molecule has 0 aliphatic carbocycles. The molecule has 28 heavy (non-hydrogen) atoms. The third-order valence-electron chi connectivity index (χ3n) is 3.93. The van der Waals surface area contributed by atoms with Crippen LogP contribution in [0.25, 0.3) is 10.8 Å². The highest BCUT2D eigenvalue weighted by Crippen LogP contribution is 2.24. The van der Waals surface area contributed by atoms with E-state index in [0.717, 1.165) is 10.8 Å². The number of amides is 1. The van der Waals surface area contributed by atoms with Crippen LogP contribution in [0, 0.1) is 0 Å². The second-order valence-electron chi connectivity index (χ2n) is 5.85. The molecular formula is C21H18N2O5. The summed E-state index contributed by atoms with van der Waals surface area (Å²) in [5.41, 5.74) is 3.18. The van der Waals surface area contributed by atoms with Gasteiger partial charge in [0.05, 0.1) is 18.9 Å². The fourth-order valence-electron chi connectivity index (χ4n) is 2.52. The van der Waals surface area contributed by atoms with E-state index in [1.54, 1.807) is 30.3 Å². The first kappa shape index (κ1) is 18.9. The molecule has 3 rings (SSSR count). The monoisotopic (exact) mass is 378 g/mol. The van der Waals surface area contributed by atoms with Gasteiger partial charge in [-0.15, -0.1) is 0 Å². The molecule has 0 heterocycles. The quantitative estimate of drug-likeness (QED) is 0.391. The second kappa shape index (κ2) is 8.68. The van der Waals surface area contributed by atoms with Crippen molar-refractivity contribution in [2.45, 2.75) is 0 Å². The van der Waals surface area contributed by atoms with Gasteiger partial charge in [0.25, 0.3) is 5.91 Å². The largest absolute Gasteiger partial charge is 0.507 e. The number of fused-ring (bicyclic) bond motifs is 1. The average molecular weight is 378 g/mol. The Kier molecular flexibility index (Phi) is 5.86. The molecule has 0 saturated carbocycles. The van der Waals surface area contributed by atoms with Crippen molar-refractivity contribution in [1.82, 2.24) is 5.43 Å². The third kappa shape index (κ3) is 4.64. The van der Waals surface area contributed by atoms with Crippen LogP contribution in [0.1, 0.15) is 15.9 Å². The van der Waals surface area contributed by atoms with Crippen LogP contribution >= 0.6 is 0 Å². The zero-order chi connectivity index (χ0) is 19.9. The maximum absolute atomic E-state index is 12.3. The van der Waals surface area contributed by atoms with Crippen LogP contribution in [0.3, 0.4) is 0 Å². The first-order valence-electron chi connectivity index (χ1n) is 8.41. The highest BCUT2D eigenvalue weighted by Gasteiger charge is 2.11. The van der Waals surface area contributed by atoms with Crippen molar-refractivity contribution in [2.75, 3.05) is 13.7 Å². The van der Waals surface area contributed by atoms with Gasteiger partial charge in [-0.3, -0.25) is 4.79 Å². The van der Waals surface area contributed by atoms with E-state index in [0.29, 0.717) is 11.3 Å². The fourth-order valence-corrected chi connectivity index (χ4v) is 2.52. The molecule has 0 radical (unpaired) electrons. The Labute approximate surface area is 161 Å². The van der Waals surface area contributed by atoms with Gasteiger partial charge in [0.15, 0.2) is 6.61 Å². The number of ether oxygens (including phenoxy) is 2. The summed E-state index contributed by atoms with van der Waals surface area (Å²) in [5.74, 6) is -0.670. The molecule has 0 fully saturated rings. The van der Waals surface area contributed by atoms with Gasteiger partial charge in [-0.1, -0.05) is 36.4 Å². The fraction of sp³-hybridized carbons (Fsp3) is 0.0952.